The van der Waals surface area contributed by atoms with Gasteiger partial charge in [-0.3, -0.25) is 9.36 Å². The van der Waals surface area contributed by atoms with Crippen molar-refractivity contribution in [1.82, 2.24) is 4.57 Å². The molecule has 2 heterocycles. The quantitative estimate of drug-likeness (QED) is 0.836. The summed E-state index contributed by atoms with van der Waals surface area (Å²) < 4.78 is 20.9. The lowest BCUT2D eigenvalue weighted by atomic mass is 10.0. The molecule has 3 rings (SSSR count). The SMILES string of the molecule is C[C@H]1COc2c(Br)c(F)c(C#N)c3cc(C(=O)O)c(=O)n1c23. The van der Waals surface area contributed by atoms with Crippen molar-refractivity contribution in [2.45, 2.75) is 13.0 Å². The highest BCUT2D eigenvalue weighted by Gasteiger charge is 2.30. The van der Waals surface area contributed by atoms with Gasteiger partial charge in [-0.25, -0.2) is 9.18 Å². The number of rotatable bonds is 1. The second kappa shape index (κ2) is 4.81. The van der Waals surface area contributed by atoms with E-state index in [2.05, 4.69) is 15.9 Å². The Morgan fingerprint density at radius 3 is 2.91 bits per heavy atom. The first-order valence-electron chi connectivity index (χ1n) is 6.24. The van der Waals surface area contributed by atoms with Crippen LogP contribution in [0.15, 0.2) is 15.3 Å². The lowest BCUT2D eigenvalue weighted by molar-refractivity contribution is 0.0694. The Labute approximate surface area is 131 Å². The average Bonchev–Trinajstić information content (AvgIpc) is 2.47. The van der Waals surface area contributed by atoms with E-state index in [0.29, 0.717) is 0 Å². The van der Waals surface area contributed by atoms with Crippen LogP contribution in [0.5, 0.6) is 5.75 Å². The number of nitriles is 1. The summed E-state index contributed by atoms with van der Waals surface area (Å²) in [5.41, 5.74) is -1.33. The number of hydrogen-bond acceptors (Lipinski definition) is 4. The predicted molar refractivity (Wildman–Crippen MR) is 77.7 cm³/mol. The first-order valence-corrected chi connectivity index (χ1v) is 7.04. The molecule has 1 N–H and O–H groups in total. The number of aromatic nitrogens is 1. The number of carboxylic acids is 1. The molecule has 8 heteroatoms. The maximum Gasteiger partial charge on any atom is 0.341 e. The number of benzene rings is 1. The summed E-state index contributed by atoms with van der Waals surface area (Å²) in [4.78, 5) is 23.6. The Balaban J connectivity index is 2.67. The van der Waals surface area contributed by atoms with Crippen LogP contribution in [-0.4, -0.2) is 22.2 Å². The van der Waals surface area contributed by atoms with Gasteiger partial charge in [-0.2, -0.15) is 5.26 Å². The molecule has 0 spiro atoms. The highest BCUT2D eigenvalue weighted by molar-refractivity contribution is 9.10. The topological polar surface area (TPSA) is 92.3 Å². The summed E-state index contributed by atoms with van der Waals surface area (Å²) >= 11 is 3.03. The summed E-state index contributed by atoms with van der Waals surface area (Å²) in [5.74, 6) is -2.18. The predicted octanol–water partition coefficient (Wildman–Crippen LogP) is 2.43. The van der Waals surface area contributed by atoms with E-state index in [1.807, 2.05) is 0 Å². The van der Waals surface area contributed by atoms with Crippen LogP contribution in [0.3, 0.4) is 0 Å². The second-order valence-corrected chi connectivity index (χ2v) is 5.70. The van der Waals surface area contributed by atoms with Crippen molar-refractivity contribution >= 4 is 32.8 Å². The first-order chi connectivity index (χ1) is 10.4. The van der Waals surface area contributed by atoms with E-state index in [1.165, 1.54) is 4.57 Å². The molecular weight excluding hydrogens is 359 g/mol. The number of carboxylic acid groups (broad SMARTS) is 1. The third-order valence-electron chi connectivity index (χ3n) is 3.58. The Bertz CT molecular complexity index is 945. The van der Waals surface area contributed by atoms with Crippen molar-refractivity contribution in [2.24, 2.45) is 0 Å². The van der Waals surface area contributed by atoms with E-state index >= 15 is 0 Å². The Morgan fingerprint density at radius 1 is 1.64 bits per heavy atom. The molecule has 0 aliphatic carbocycles. The fourth-order valence-corrected chi connectivity index (χ4v) is 3.08. The third-order valence-corrected chi connectivity index (χ3v) is 4.29. The van der Waals surface area contributed by atoms with Crippen molar-refractivity contribution in [1.29, 1.82) is 5.26 Å². The molecule has 1 aliphatic heterocycles. The largest absolute Gasteiger partial charge is 0.488 e. The molecule has 0 saturated carbocycles. The van der Waals surface area contributed by atoms with Crippen LogP contribution < -0.4 is 10.3 Å². The summed E-state index contributed by atoms with van der Waals surface area (Å²) in [7, 11) is 0. The molecule has 6 nitrogen and oxygen atoms in total. The Morgan fingerprint density at radius 2 is 2.32 bits per heavy atom. The zero-order valence-corrected chi connectivity index (χ0v) is 12.8. The summed E-state index contributed by atoms with van der Waals surface area (Å²) in [5, 5.41) is 18.4. The minimum atomic E-state index is -1.43. The van der Waals surface area contributed by atoms with Gasteiger partial charge in [-0.1, -0.05) is 0 Å². The molecule has 2 aromatic rings. The van der Waals surface area contributed by atoms with Crippen molar-refractivity contribution in [3.8, 4) is 11.8 Å². The van der Waals surface area contributed by atoms with E-state index in [4.69, 9.17) is 4.74 Å². The molecule has 1 aromatic carbocycles. The number of aromatic carboxylic acids is 1. The molecule has 0 fully saturated rings. The summed E-state index contributed by atoms with van der Waals surface area (Å²) in [6, 6.07) is 2.30. The van der Waals surface area contributed by atoms with E-state index in [0.717, 1.165) is 6.07 Å². The Hall–Kier alpha value is -2.40. The molecule has 112 valence electrons. The zero-order valence-electron chi connectivity index (χ0n) is 11.2. The smallest absolute Gasteiger partial charge is 0.341 e. The highest BCUT2D eigenvalue weighted by atomic mass is 79.9. The second-order valence-electron chi connectivity index (χ2n) is 4.90. The number of pyridine rings is 1. The van der Waals surface area contributed by atoms with Gasteiger partial charge in [-0.05, 0) is 28.9 Å². The molecule has 0 saturated heterocycles. The molecule has 1 aromatic heterocycles. The molecule has 0 unspecified atom stereocenters. The highest BCUT2D eigenvalue weighted by Crippen LogP contribution is 2.41. The van der Waals surface area contributed by atoms with Crippen LogP contribution in [0.2, 0.25) is 0 Å². The van der Waals surface area contributed by atoms with Gasteiger partial charge >= 0.3 is 5.97 Å². The number of nitrogens with zero attached hydrogens (tertiary/aromatic N) is 2. The van der Waals surface area contributed by atoms with Gasteiger partial charge in [0, 0.05) is 5.39 Å². The number of halogens is 2. The maximum atomic E-state index is 14.3. The fourth-order valence-electron chi connectivity index (χ4n) is 2.58. The van der Waals surface area contributed by atoms with Gasteiger partial charge in [0.1, 0.15) is 18.2 Å². The van der Waals surface area contributed by atoms with Crippen molar-refractivity contribution in [3.05, 3.63) is 37.8 Å². The van der Waals surface area contributed by atoms with E-state index < -0.39 is 29.0 Å². The van der Waals surface area contributed by atoms with E-state index in [-0.39, 0.29) is 33.3 Å². The van der Waals surface area contributed by atoms with Gasteiger partial charge in [0.05, 0.1) is 21.6 Å². The molecule has 1 aliphatic rings. The number of hydrogen-bond donors (Lipinski definition) is 1. The van der Waals surface area contributed by atoms with Crippen LogP contribution in [0.1, 0.15) is 28.9 Å². The molecule has 0 radical (unpaired) electrons. The summed E-state index contributed by atoms with van der Waals surface area (Å²) in [6.07, 6.45) is 0. The number of ether oxygens (including phenoxy) is 1. The van der Waals surface area contributed by atoms with Crippen LogP contribution in [0.25, 0.3) is 10.9 Å². The van der Waals surface area contributed by atoms with Crippen LogP contribution in [0.4, 0.5) is 4.39 Å². The Kier molecular flexibility index (Phi) is 3.18. The molecular formula is C14H8BrFN2O4. The monoisotopic (exact) mass is 366 g/mol. The average molecular weight is 367 g/mol. The van der Waals surface area contributed by atoms with Crippen LogP contribution in [-0.2, 0) is 0 Å². The number of carbonyl (C=O) groups is 1. The van der Waals surface area contributed by atoms with Crippen LogP contribution in [0, 0.1) is 17.1 Å². The van der Waals surface area contributed by atoms with Gasteiger partial charge in [0.25, 0.3) is 5.56 Å². The minimum Gasteiger partial charge on any atom is -0.488 e. The molecule has 22 heavy (non-hydrogen) atoms. The van der Waals surface area contributed by atoms with Gasteiger partial charge in [0.15, 0.2) is 11.6 Å². The molecule has 0 bridgehead atoms. The van der Waals surface area contributed by atoms with Crippen LogP contribution >= 0.6 is 15.9 Å². The van der Waals surface area contributed by atoms with E-state index in [1.54, 1.807) is 13.0 Å². The van der Waals surface area contributed by atoms with Gasteiger partial charge in [-0.15, -0.1) is 0 Å². The van der Waals surface area contributed by atoms with Gasteiger partial charge in [0.2, 0.25) is 0 Å². The molecule has 0 amide bonds. The lowest BCUT2D eigenvalue weighted by Crippen LogP contribution is -2.34. The van der Waals surface area contributed by atoms with Crippen molar-refractivity contribution in [2.75, 3.05) is 6.61 Å². The lowest BCUT2D eigenvalue weighted by Gasteiger charge is -2.27. The zero-order chi connectivity index (χ0) is 16.2. The summed E-state index contributed by atoms with van der Waals surface area (Å²) in [6.45, 7) is 1.77. The normalized spacial score (nSPS) is 16.2. The standard InChI is InChI=1S/C14H8BrFN2O4/c1-5-4-22-12-9(15)10(16)8(3-17)6-2-7(14(20)21)13(19)18(5)11(6)12/h2,5H,4H2,1H3,(H,20,21)/t5-/m0/s1. The third kappa shape index (κ3) is 1.75. The molecule has 1 atom stereocenters. The van der Waals surface area contributed by atoms with Crippen molar-refractivity contribution < 1.29 is 19.0 Å². The van der Waals surface area contributed by atoms with E-state index in [9.17, 15) is 24.3 Å². The van der Waals surface area contributed by atoms with Gasteiger partial charge < -0.3 is 9.84 Å². The fraction of sp³-hybridized carbons (Fsp3) is 0.214. The van der Waals surface area contributed by atoms with Crippen molar-refractivity contribution in [3.63, 3.8) is 0 Å². The minimum absolute atomic E-state index is 0.0433. The maximum absolute atomic E-state index is 14.3. The first kappa shape index (κ1) is 14.5.